The quantitative estimate of drug-likeness (QED) is 0.913. The zero-order chi connectivity index (χ0) is 12.6. The smallest absolute Gasteiger partial charge is 0.107 e. The third kappa shape index (κ3) is 3.27. The molecule has 20 heavy (non-hydrogen) atoms. The number of halogens is 2. The van der Waals surface area contributed by atoms with Crippen LogP contribution in [0.5, 0.6) is 0 Å². The van der Waals surface area contributed by atoms with E-state index in [9.17, 15) is 5.26 Å². The second kappa shape index (κ2) is 6.78. The van der Waals surface area contributed by atoms with Gasteiger partial charge >= 0.3 is 0 Å². The predicted octanol–water partition coefficient (Wildman–Crippen LogP) is 2.88. The molecule has 2 unspecified atom stereocenters. The van der Waals surface area contributed by atoms with Crippen LogP contribution in [0.3, 0.4) is 0 Å². The van der Waals surface area contributed by atoms with Gasteiger partial charge < -0.3 is 5.73 Å². The summed E-state index contributed by atoms with van der Waals surface area (Å²) in [5.74, 6) is 0. The molecule has 2 N–H and O–H groups in total. The zero-order valence-corrected chi connectivity index (χ0v) is 13.0. The summed E-state index contributed by atoms with van der Waals surface area (Å²) in [6.07, 6.45) is 4.04. The minimum atomic E-state index is -0.584. The molecule has 2 saturated heterocycles. The van der Waals surface area contributed by atoms with E-state index >= 15 is 0 Å². The van der Waals surface area contributed by atoms with Gasteiger partial charge in [0.1, 0.15) is 5.54 Å². The van der Waals surface area contributed by atoms with E-state index in [2.05, 4.69) is 41.3 Å². The number of nitrogens with zero attached hydrogens (tertiary/aromatic N) is 2. The first-order chi connectivity index (χ1) is 8.70. The van der Waals surface area contributed by atoms with Gasteiger partial charge in [-0.1, -0.05) is 30.3 Å². The molecule has 3 rings (SSSR count). The Labute approximate surface area is 133 Å². The van der Waals surface area contributed by atoms with Crippen molar-refractivity contribution in [1.29, 1.82) is 5.26 Å². The van der Waals surface area contributed by atoms with Crippen molar-refractivity contribution in [3.05, 3.63) is 35.9 Å². The maximum Gasteiger partial charge on any atom is 0.107 e. The predicted molar refractivity (Wildman–Crippen MR) is 85.1 cm³/mol. The third-order valence-corrected chi connectivity index (χ3v) is 4.40. The first-order valence-corrected chi connectivity index (χ1v) is 6.70. The maximum absolute atomic E-state index is 9.20. The Morgan fingerprint density at radius 1 is 1.15 bits per heavy atom. The van der Waals surface area contributed by atoms with Gasteiger partial charge in [0.15, 0.2) is 0 Å². The Bertz CT molecular complexity index is 458. The molecular formula is C15H21Cl2N3. The van der Waals surface area contributed by atoms with Gasteiger partial charge in [-0.15, -0.1) is 24.8 Å². The molecule has 2 bridgehead atoms. The Kier molecular flexibility index (Phi) is 5.85. The van der Waals surface area contributed by atoms with Gasteiger partial charge in [0.2, 0.25) is 0 Å². The monoisotopic (exact) mass is 313 g/mol. The summed E-state index contributed by atoms with van der Waals surface area (Å²) >= 11 is 0. The first-order valence-electron chi connectivity index (χ1n) is 6.70. The fourth-order valence-corrected chi connectivity index (χ4v) is 3.52. The second-order valence-electron chi connectivity index (χ2n) is 5.72. The van der Waals surface area contributed by atoms with Gasteiger partial charge in [-0.05, 0) is 31.2 Å². The molecule has 2 fully saturated rings. The molecule has 2 aliphatic heterocycles. The van der Waals surface area contributed by atoms with Crippen molar-refractivity contribution in [2.24, 2.45) is 5.73 Å². The van der Waals surface area contributed by atoms with Crippen molar-refractivity contribution >= 4 is 24.8 Å². The lowest BCUT2D eigenvalue weighted by molar-refractivity contribution is 0.100. The van der Waals surface area contributed by atoms with Crippen LogP contribution in [0.15, 0.2) is 30.3 Å². The standard InChI is InChI=1S/C15H19N3.2ClH/c16-11-15(17)8-13-6-7-14(9-15)18(13)10-12-4-2-1-3-5-12;;/h1-5,13-14H,6-10,17H2;2*1H. The molecule has 110 valence electrons. The van der Waals surface area contributed by atoms with Crippen molar-refractivity contribution in [2.75, 3.05) is 0 Å². The van der Waals surface area contributed by atoms with Crippen LogP contribution < -0.4 is 5.73 Å². The number of nitriles is 1. The van der Waals surface area contributed by atoms with E-state index in [1.54, 1.807) is 0 Å². The van der Waals surface area contributed by atoms with E-state index in [4.69, 9.17) is 5.73 Å². The van der Waals surface area contributed by atoms with Crippen molar-refractivity contribution in [3.63, 3.8) is 0 Å². The molecule has 0 amide bonds. The topological polar surface area (TPSA) is 53.1 Å². The molecule has 0 radical (unpaired) electrons. The fraction of sp³-hybridized carbons (Fsp3) is 0.533. The zero-order valence-electron chi connectivity index (χ0n) is 11.4. The summed E-state index contributed by atoms with van der Waals surface area (Å²) < 4.78 is 0. The lowest BCUT2D eigenvalue weighted by atomic mass is 9.85. The van der Waals surface area contributed by atoms with Crippen LogP contribution in [0, 0.1) is 11.3 Å². The van der Waals surface area contributed by atoms with Crippen molar-refractivity contribution in [2.45, 2.75) is 49.9 Å². The highest BCUT2D eigenvalue weighted by atomic mass is 35.5. The van der Waals surface area contributed by atoms with Gasteiger partial charge in [-0.25, -0.2) is 0 Å². The van der Waals surface area contributed by atoms with E-state index in [0.717, 1.165) is 19.4 Å². The number of benzene rings is 1. The van der Waals surface area contributed by atoms with Crippen LogP contribution in [0.1, 0.15) is 31.2 Å². The molecule has 0 spiro atoms. The Morgan fingerprint density at radius 2 is 1.70 bits per heavy atom. The summed E-state index contributed by atoms with van der Waals surface area (Å²) in [6, 6.07) is 13.9. The summed E-state index contributed by atoms with van der Waals surface area (Å²) in [7, 11) is 0. The minimum Gasteiger partial charge on any atom is -0.313 e. The molecule has 3 nitrogen and oxygen atoms in total. The summed E-state index contributed by atoms with van der Waals surface area (Å²) in [4.78, 5) is 2.55. The molecule has 0 aromatic heterocycles. The fourth-order valence-electron chi connectivity index (χ4n) is 3.52. The van der Waals surface area contributed by atoms with E-state index in [-0.39, 0.29) is 24.8 Å². The van der Waals surface area contributed by atoms with Crippen LogP contribution in [-0.4, -0.2) is 22.5 Å². The van der Waals surface area contributed by atoms with Gasteiger partial charge in [0.05, 0.1) is 6.07 Å². The maximum atomic E-state index is 9.20. The highest BCUT2D eigenvalue weighted by Gasteiger charge is 2.46. The molecule has 2 aliphatic rings. The van der Waals surface area contributed by atoms with Crippen LogP contribution >= 0.6 is 24.8 Å². The van der Waals surface area contributed by atoms with Crippen LogP contribution in [0.2, 0.25) is 0 Å². The third-order valence-electron chi connectivity index (χ3n) is 4.40. The van der Waals surface area contributed by atoms with Gasteiger partial charge in [-0.2, -0.15) is 5.26 Å². The average Bonchev–Trinajstić information content (AvgIpc) is 2.64. The molecule has 1 aromatic rings. The molecule has 0 aliphatic carbocycles. The average molecular weight is 314 g/mol. The molecule has 5 heteroatoms. The Hall–Kier alpha value is -0.790. The number of hydrogen-bond donors (Lipinski definition) is 1. The Balaban J connectivity index is 0.000001000. The molecule has 0 saturated carbocycles. The Morgan fingerprint density at radius 3 is 2.20 bits per heavy atom. The molecular weight excluding hydrogens is 293 g/mol. The van der Waals surface area contributed by atoms with Crippen LogP contribution in [0.4, 0.5) is 0 Å². The lowest BCUT2D eigenvalue weighted by Crippen LogP contribution is -2.54. The molecule has 2 heterocycles. The SMILES string of the molecule is Cl.Cl.N#CC1(N)CC2CCC(C1)N2Cc1ccccc1. The van der Waals surface area contributed by atoms with Gasteiger partial charge in [0.25, 0.3) is 0 Å². The van der Waals surface area contributed by atoms with Crippen molar-refractivity contribution in [1.82, 2.24) is 4.90 Å². The van der Waals surface area contributed by atoms with E-state index < -0.39 is 5.54 Å². The van der Waals surface area contributed by atoms with E-state index in [1.807, 2.05) is 0 Å². The number of nitrogens with two attached hydrogens (primary N) is 1. The first kappa shape index (κ1) is 17.3. The number of rotatable bonds is 2. The van der Waals surface area contributed by atoms with Crippen molar-refractivity contribution < 1.29 is 0 Å². The minimum absolute atomic E-state index is 0. The number of fused-ring (bicyclic) bond motifs is 2. The van der Waals surface area contributed by atoms with Crippen LogP contribution in [0.25, 0.3) is 0 Å². The summed E-state index contributed by atoms with van der Waals surface area (Å²) in [6.45, 7) is 0.998. The van der Waals surface area contributed by atoms with Crippen LogP contribution in [-0.2, 0) is 6.54 Å². The van der Waals surface area contributed by atoms with Crippen molar-refractivity contribution in [3.8, 4) is 6.07 Å². The van der Waals surface area contributed by atoms with Gasteiger partial charge in [-0.3, -0.25) is 4.90 Å². The summed E-state index contributed by atoms with van der Waals surface area (Å²) in [5, 5.41) is 9.20. The molecule has 1 aromatic carbocycles. The second-order valence-corrected chi connectivity index (χ2v) is 5.72. The van der Waals surface area contributed by atoms with E-state index in [1.165, 1.54) is 18.4 Å². The highest BCUT2D eigenvalue weighted by molar-refractivity contribution is 5.85. The normalized spacial score (nSPS) is 31.8. The van der Waals surface area contributed by atoms with E-state index in [0.29, 0.717) is 12.1 Å². The number of hydrogen-bond acceptors (Lipinski definition) is 3. The highest BCUT2D eigenvalue weighted by Crippen LogP contribution is 2.40. The van der Waals surface area contributed by atoms with Gasteiger partial charge in [0, 0.05) is 18.6 Å². The summed E-state index contributed by atoms with van der Waals surface area (Å²) in [5.41, 5.74) is 6.92. The number of piperidine rings is 1. The largest absolute Gasteiger partial charge is 0.313 e. The molecule has 2 atom stereocenters. The lowest BCUT2D eigenvalue weighted by Gasteiger charge is -2.41.